The molecule has 1 aromatic heterocycles. The van der Waals surface area contributed by atoms with Crippen LogP contribution in [0, 0.1) is 0 Å². The average Bonchev–Trinajstić information content (AvgIpc) is 3.27. The Morgan fingerprint density at radius 2 is 1.58 bits per heavy atom. The fourth-order valence-corrected chi connectivity index (χ4v) is 5.13. The van der Waals surface area contributed by atoms with Gasteiger partial charge in [0, 0.05) is 17.4 Å². The number of methoxy groups -OCH3 is 3. The second-order valence-electron chi connectivity index (χ2n) is 7.66. The van der Waals surface area contributed by atoms with Crippen molar-refractivity contribution in [3.8, 4) is 28.6 Å². The fraction of sp³-hybridized carbons (Fsp3) is 0.417. The number of aromatic nitrogens is 3. The van der Waals surface area contributed by atoms with Gasteiger partial charge in [-0.2, -0.15) is 0 Å². The molecule has 7 heteroatoms. The van der Waals surface area contributed by atoms with Crippen LogP contribution in [0.5, 0.6) is 17.2 Å². The van der Waals surface area contributed by atoms with Gasteiger partial charge in [-0.3, -0.25) is 4.57 Å². The van der Waals surface area contributed by atoms with Crippen molar-refractivity contribution >= 4 is 11.8 Å². The van der Waals surface area contributed by atoms with E-state index in [1.54, 1.807) is 33.1 Å². The normalized spacial score (nSPS) is 14.4. The molecule has 0 radical (unpaired) electrons. The molecule has 4 rings (SSSR count). The second-order valence-corrected chi connectivity index (χ2v) is 8.60. The second kappa shape index (κ2) is 10.1. The molecule has 2 aromatic carbocycles. The molecule has 1 aliphatic rings. The van der Waals surface area contributed by atoms with Gasteiger partial charge >= 0.3 is 0 Å². The molecule has 3 aromatic rings. The van der Waals surface area contributed by atoms with Crippen LogP contribution < -0.4 is 14.2 Å². The highest BCUT2D eigenvalue weighted by molar-refractivity contribution is 7.98. The SMILES string of the molecule is COc1cc(-c2nnc(SCc3ccccc3)n2C2CCCCC2)cc(OC)c1OC. The molecule has 0 saturated heterocycles. The largest absolute Gasteiger partial charge is 0.493 e. The van der Waals surface area contributed by atoms with Gasteiger partial charge < -0.3 is 14.2 Å². The third-order valence-corrected chi connectivity index (χ3v) is 6.75. The summed E-state index contributed by atoms with van der Waals surface area (Å²) in [4.78, 5) is 0. The van der Waals surface area contributed by atoms with Crippen LogP contribution in [-0.4, -0.2) is 36.1 Å². The molecule has 0 aliphatic heterocycles. The molecule has 0 unspecified atom stereocenters. The zero-order valence-electron chi connectivity index (χ0n) is 18.3. The quantitative estimate of drug-likeness (QED) is 0.415. The van der Waals surface area contributed by atoms with Crippen molar-refractivity contribution in [2.24, 2.45) is 0 Å². The Kier molecular flexibility index (Phi) is 7.02. The molecule has 0 atom stereocenters. The molecule has 31 heavy (non-hydrogen) atoms. The average molecular weight is 440 g/mol. The summed E-state index contributed by atoms with van der Waals surface area (Å²) in [5.41, 5.74) is 2.19. The van der Waals surface area contributed by atoms with Crippen LogP contribution in [0.1, 0.15) is 43.7 Å². The summed E-state index contributed by atoms with van der Waals surface area (Å²) in [5.74, 6) is 3.53. The minimum Gasteiger partial charge on any atom is -0.493 e. The number of hydrogen-bond donors (Lipinski definition) is 0. The lowest BCUT2D eigenvalue weighted by atomic mass is 9.95. The van der Waals surface area contributed by atoms with Crippen LogP contribution in [0.4, 0.5) is 0 Å². The maximum atomic E-state index is 5.57. The van der Waals surface area contributed by atoms with Gasteiger partial charge in [0.05, 0.1) is 21.3 Å². The molecular weight excluding hydrogens is 410 g/mol. The van der Waals surface area contributed by atoms with Crippen molar-refractivity contribution in [3.63, 3.8) is 0 Å². The summed E-state index contributed by atoms with van der Waals surface area (Å²) in [6.45, 7) is 0. The predicted molar refractivity (Wildman–Crippen MR) is 123 cm³/mol. The molecule has 1 heterocycles. The minimum atomic E-state index is 0.399. The summed E-state index contributed by atoms with van der Waals surface area (Å²) in [6.07, 6.45) is 6.06. The first kappa shape index (κ1) is 21.6. The van der Waals surface area contributed by atoms with Crippen molar-refractivity contribution in [1.82, 2.24) is 14.8 Å². The molecule has 1 aliphatic carbocycles. The van der Waals surface area contributed by atoms with Gasteiger partial charge in [0.15, 0.2) is 22.5 Å². The van der Waals surface area contributed by atoms with Crippen molar-refractivity contribution < 1.29 is 14.2 Å². The monoisotopic (exact) mass is 439 g/mol. The van der Waals surface area contributed by atoms with Crippen LogP contribution >= 0.6 is 11.8 Å². The third kappa shape index (κ3) is 4.66. The highest BCUT2D eigenvalue weighted by Gasteiger charge is 2.25. The van der Waals surface area contributed by atoms with Crippen molar-refractivity contribution in [3.05, 3.63) is 48.0 Å². The van der Waals surface area contributed by atoms with Crippen LogP contribution in [0.15, 0.2) is 47.6 Å². The molecule has 1 fully saturated rings. The van der Waals surface area contributed by atoms with E-state index in [9.17, 15) is 0 Å². The minimum absolute atomic E-state index is 0.399. The van der Waals surface area contributed by atoms with Crippen LogP contribution in [0.3, 0.4) is 0 Å². The van der Waals surface area contributed by atoms with Gasteiger partial charge in [-0.05, 0) is 30.5 Å². The predicted octanol–water partition coefficient (Wildman–Crippen LogP) is 5.77. The Morgan fingerprint density at radius 3 is 2.19 bits per heavy atom. The van der Waals surface area contributed by atoms with Crippen LogP contribution in [0.2, 0.25) is 0 Å². The smallest absolute Gasteiger partial charge is 0.203 e. The van der Waals surface area contributed by atoms with Crippen molar-refractivity contribution in [2.45, 2.75) is 49.1 Å². The summed E-state index contributed by atoms with van der Waals surface area (Å²) in [7, 11) is 4.88. The number of nitrogens with zero attached hydrogens (tertiary/aromatic N) is 3. The van der Waals surface area contributed by atoms with Gasteiger partial charge in [-0.15, -0.1) is 10.2 Å². The van der Waals surface area contributed by atoms with E-state index in [1.165, 1.54) is 24.8 Å². The lowest BCUT2D eigenvalue weighted by Gasteiger charge is -2.26. The van der Waals surface area contributed by atoms with E-state index in [4.69, 9.17) is 14.2 Å². The van der Waals surface area contributed by atoms with Gasteiger partial charge in [0.1, 0.15) is 0 Å². The molecule has 0 bridgehead atoms. The number of benzene rings is 2. The van der Waals surface area contributed by atoms with Crippen LogP contribution in [-0.2, 0) is 5.75 Å². The molecule has 0 spiro atoms. The van der Waals surface area contributed by atoms with E-state index < -0.39 is 0 Å². The van der Waals surface area contributed by atoms with Crippen molar-refractivity contribution in [2.75, 3.05) is 21.3 Å². The van der Waals surface area contributed by atoms with E-state index in [1.807, 2.05) is 18.2 Å². The summed E-state index contributed by atoms with van der Waals surface area (Å²) < 4.78 is 19.0. The maximum Gasteiger partial charge on any atom is 0.203 e. The van der Waals surface area contributed by atoms with E-state index in [-0.39, 0.29) is 0 Å². The molecule has 164 valence electrons. The zero-order chi connectivity index (χ0) is 21.6. The van der Waals surface area contributed by atoms with Gasteiger partial charge in [0.2, 0.25) is 5.75 Å². The number of thioether (sulfide) groups is 1. The number of hydrogen-bond acceptors (Lipinski definition) is 6. The van der Waals surface area contributed by atoms with Gasteiger partial charge in [-0.1, -0.05) is 61.4 Å². The number of rotatable bonds is 8. The topological polar surface area (TPSA) is 58.4 Å². The summed E-state index contributed by atoms with van der Waals surface area (Å²) in [5, 5.41) is 10.2. The summed E-state index contributed by atoms with van der Waals surface area (Å²) >= 11 is 1.74. The highest BCUT2D eigenvalue weighted by atomic mass is 32.2. The van der Waals surface area contributed by atoms with E-state index in [2.05, 4.69) is 39.0 Å². The highest BCUT2D eigenvalue weighted by Crippen LogP contribution is 2.43. The number of ether oxygens (including phenoxy) is 3. The first-order chi connectivity index (χ1) is 15.2. The van der Waals surface area contributed by atoms with Crippen molar-refractivity contribution in [1.29, 1.82) is 0 Å². The Balaban J connectivity index is 1.74. The first-order valence-electron chi connectivity index (χ1n) is 10.7. The Labute approximate surface area is 187 Å². The van der Waals surface area contributed by atoms with E-state index >= 15 is 0 Å². The van der Waals surface area contributed by atoms with E-state index in [0.717, 1.165) is 35.1 Å². The molecule has 0 N–H and O–H groups in total. The molecule has 1 saturated carbocycles. The molecule has 0 amide bonds. The lowest BCUT2D eigenvalue weighted by Crippen LogP contribution is -2.15. The standard InChI is InChI=1S/C24H29N3O3S/c1-28-20-14-18(15-21(29-2)22(20)30-3)23-25-26-24(27(23)19-12-8-5-9-13-19)31-16-17-10-6-4-7-11-17/h4,6-7,10-11,14-15,19H,5,8-9,12-13,16H2,1-3H3. The summed E-state index contributed by atoms with van der Waals surface area (Å²) in [6, 6.07) is 14.8. The van der Waals surface area contributed by atoms with Gasteiger partial charge in [0.25, 0.3) is 0 Å². The molecular formula is C24H29N3O3S. The van der Waals surface area contributed by atoms with Crippen LogP contribution in [0.25, 0.3) is 11.4 Å². The fourth-order valence-electron chi connectivity index (χ4n) is 4.17. The first-order valence-corrected chi connectivity index (χ1v) is 11.7. The third-order valence-electron chi connectivity index (χ3n) is 5.74. The molecule has 6 nitrogen and oxygen atoms in total. The van der Waals surface area contributed by atoms with Gasteiger partial charge in [-0.25, -0.2) is 0 Å². The maximum absolute atomic E-state index is 5.57. The lowest BCUT2D eigenvalue weighted by molar-refractivity contribution is 0.324. The Morgan fingerprint density at radius 1 is 0.903 bits per heavy atom. The van der Waals surface area contributed by atoms with E-state index in [0.29, 0.717) is 23.3 Å². The Hall–Kier alpha value is -2.67. The zero-order valence-corrected chi connectivity index (χ0v) is 19.2. The Bertz CT molecular complexity index is 976.